The molecule has 1 unspecified atom stereocenters. The van der Waals surface area contributed by atoms with E-state index in [0.717, 1.165) is 31.5 Å². The minimum atomic E-state index is -0.724. The largest absolute Gasteiger partial charge is 0.365 e. The lowest BCUT2D eigenvalue weighted by Crippen LogP contribution is -2.50. The lowest BCUT2D eigenvalue weighted by atomic mass is 10.1. The van der Waals surface area contributed by atoms with E-state index in [1.807, 2.05) is 55.6 Å². The average Bonchev–Trinajstić information content (AvgIpc) is 3.43. The third-order valence-electron chi connectivity index (χ3n) is 5.46. The number of aromatic nitrogens is 2. The van der Waals surface area contributed by atoms with Gasteiger partial charge in [-0.15, -0.1) is 22.7 Å². The first-order chi connectivity index (χ1) is 16.0. The number of aryl methyl sites for hydroxylation is 2. The highest BCUT2D eigenvalue weighted by atomic mass is 32.1. The van der Waals surface area contributed by atoms with Gasteiger partial charge in [0.1, 0.15) is 0 Å². The van der Waals surface area contributed by atoms with E-state index in [4.69, 9.17) is 4.74 Å². The highest BCUT2D eigenvalue weighted by molar-refractivity contribution is 7.18. The number of rotatable bonds is 4. The second-order valence-corrected chi connectivity index (χ2v) is 10.1. The van der Waals surface area contributed by atoms with E-state index in [2.05, 4.69) is 15.3 Å². The zero-order chi connectivity index (χ0) is 22.9. The molecular weight excluding hydrogens is 456 g/mol. The molecule has 2 aromatic heterocycles. The van der Waals surface area contributed by atoms with Gasteiger partial charge in [0.25, 0.3) is 11.8 Å². The summed E-state index contributed by atoms with van der Waals surface area (Å²) >= 11 is 3.17. The summed E-state index contributed by atoms with van der Waals surface area (Å²) < 4.78 is 6.66. The predicted octanol–water partition coefficient (Wildman–Crippen LogP) is 4.52. The van der Waals surface area contributed by atoms with Crippen LogP contribution in [0.1, 0.15) is 20.4 Å². The van der Waals surface area contributed by atoms with Gasteiger partial charge in [-0.2, -0.15) is 0 Å². The van der Waals surface area contributed by atoms with Gasteiger partial charge in [-0.3, -0.25) is 9.59 Å². The third-order valence-corrected chi connectivity index (χ3v) is 7.16. The van der Waals surface area contributed by atoms with Gasteiger partial charge in [0, 0.05) is 28.7 Å². The lowest BCUT2D eigenvalue weighted by molar-refractivity contribution is -0.131. The Balaban J connectivity index is 1.24. The monoisotopic (exact) mass is 478 g/mol. The second-order valence-electron chi connectivity index (χ2n) is 7.84. The number of nitrogens with one attached hydrogen (secondary N) is 1. The van der Waals surface area contributed by atoms with Gasteiger partial charge < -0.3 is 15.0 Å². The number of anilines is 1. The summed E-state index contributed by atoms with van der Waals surface area (Å²) in [5.41, 5.74) is 4.08. The van der Waals surface area contributed by atoms with E-state index < -0.39 is 6.10 Å². The minimum Gasteiger partial charge on any atom is -0.365 e. The van der Waals surface area contributed by atoms with E-state index in [-0.39, 0.29) is 18.4 Å². The maximum Gasteiger partial charge on any atom is 0.255 e. The second kappa shape index (κ2) is 9.01. The Morgan fingerprint density at radius 2 is 1.91 bits per heavy atom. The molecule has 0 spiro atoms. The molecule has 1 atom stereocenters. The average molecular weight is 479 g/mol. The molecule has 0 radical (unpaired) electrons. The quantitative estimate of drug-likeness (QED) is 0.466. The summed E-state index contributed by atoms with van der Waals surface area (Å²) in [7, 11) is 0. The number of ether oxygens (including phenoxy) is 1. The number of fused-ring (bicyclic) bond motifs is 1. The van der Waals surface area contributed by atoms with Crippen molar-refractivity contribution < 1.29 is 14.3 Å². The van der Waals surface area contributed by atoms with Crippen molar-refractivity contribution in [2.45, 2.75) is 20.0 Å². The Morgan fingerprint density at radius 1 is 1.09 bits per heavy atom. The number of morpholine rings is 1. The van der Waals surface area contributed by atoms with Crippen LogP contribution in [-0.4, -0.2) is 52.5 Å². The molecule has 4 aromatic rings. The van der Waals surface area contributed by atoms with Crippen LogP contribution in [0.5, 0.6) is 0 Å². The molecule has 7 nitrogen and oxygen atoms in total. The Labute approximate surface area is 199 Å². The molecule has 3 heterocycles. The molecule has 2 aromatic carbocycles. The number of carbonyl (C=O) groups excluding carboxylic acids is 2. The van der Waals surface area contributed by atoms with E-state index >= 15 is 0 Å². The molecule has 1 aliphatic rings. The summed E-state index contributed by atoms with van der Waals surface area (Å²) in [6.45, 7) is 4.89. The SMILES string of the molecule is Cc1nc(-c2ccc(NC(=O)C3CN(C(=O)c4ccc5nc(C)sc5c4)CCO3)cc2)cs1. The smallest absolute Gasteiger partial charge is 0.255 e. The maximum atomic E-state index is 13.1. The van der Waals surface area contributed by atoms with Crippen LogP contribution in [0.15, 0.2) is 47.8 Å². The molecule has 9 heteroatoms. The number of amides is 2. The summed E-state index contributed by atoms with van der Waals surface area (Å²) in [6, 6.07) is 13.1. The van der Waals surface area contributed by atoms with E-state index in [1.54, 1.807) is 33.6 Å². The van der Waals surface area contributed by atoms with Crippen molar-refractivity contribution >= 4 is 50.4 Å². The lowest BCUT2D eigenvalue weighted by Gasteiger charge is -2.32. The van der Waals surface area contributed by atoms with Crippen LogP contribution in [0.25, 0.3) is 21.5 Å². The van der Waals surface area contributed by atoms with Crippen LogP contribution in [0.4, 0.5) is 5.69 Å². The van der Waals surface area contributed by atoms with Crippen molar-refractivity contribution in [3.63, 3.8) is 0 Å². The Morgan fingerprint density at radius 3 is 2.67 bits per heavy atom. The normalized spacial score (nSPS) is 16.2. The van der Waals surface area contributed by atoms with E-state index in [9.17, 15) is 9.59 Å². The topological polar surface area (TPSA) is 84.4 Å². The number of hydrogen-bond donors (Lipinski definition) is 1. The number of benzene rings is 2. The summed E-state index contributed by atoms with van der Waals surface area (Å²) in [5.74, 6) is -0.370. The summed E-state index contributed by atoms with van der Waals surface area (Å²) in [4.78, 5) is 36.5. The van der Waals surface area contributed by atoms with Gasteiger partial charge in [-0.25, -0.2) is 9.97 Å². The number of carbonyl (C=O) groups is 2. The van der Waals surface area contributed by atoms with Gasteiger partial charge in [-0.1, -0.05) is 12.1 Å². The van der Waals surface area contributed by atoms with Crippen LogP contribution in [0, 0.1) is 13.8 Å². The zero-order valence-corrected chi connectivity index (χ0v) is 19.8. The molecular formula is C24H22N4O3S2. The van der Waals surface area contributed by atoms with Crippen LogP contribution >= 0.6 is 22.7 Å². The predicted molar refractivity (Wildman–Crippen MR) is 131 cm³/mol. The van der Waals surface area contributed by atoms with Crippen LogP contribution < -0.4 is 5.32 Å². The van der Waals surface area contributed by atoms with Gasteiger partial charge in [0.2, 0.25) is 0 Å². The van der Waals surface area contributed by atoms with E-state index in [1.165, 1.54) is 0 Å². The molecule has 33 heavy (non-hydrogen) atoms. The first kappa shape index (κ1) is 21.7. The van der Waals surface area contributed by atoms with Crippen LogP contribution in [0.3, 0.4) is 0 Å². The first-order valence-electron chi connectivity index (χ1n) is 10.6. The molecule has 0 aliphatic carbocycles. The van der Waals surface area contributed by atoms with Crippen molar-refractivity contribution in [3.8, 4) is 11.3 Å². The minimum absolute atomic E-state index is 0.105. The highest BCUT2D eigenvalue weighted by Crippen LogP contribution is 2.25. The van der Waals surface area contributed by atoms with Crippen molar-refractivity contribution in [1.29, 1.82) is 0 Å². The van der Waals surface area contributed by atoms with Crippen LogP contribution in [-0.2, 0) is 9.53 Å². The fourth-order valence-electron chi connectivity index (χ4n) is 3.79. The molecule has 1 fully saturated rings. The molecule has 1 saturated heterocycles. The number of nitrogens with zero attached hydrogens (tertiary/aromatic N) is 3. The molecule has 168 valence electrons. The fourth-order valence-corrected chi connectivity index (χ4v) is 5.28. The van der Waals surface area contributed by atoms with Crippen molar-refractivity contribution in [3.05, 3.63) is 63.4 Å². The molecule has 1 aliphatic heterocycles. The van der Waals surface area contributed by atoms with Gasteiger partial charge in [-0.05, 0) is 44.2 Å². The fraction of sp³-hybridized carbons (Fsp3) is 0.250. The van der Waals surface area contributed by atoms with Gasteiger partial charge in [0.15, 0.2) is 6.10 Å². The standard InChI is InChI=1S/C24H22N4O3S2/c1-14-25-20(13-32-14)16-3-6-18(7-4-16)27-23(29)21-12-28(9-10-31-21)24(30)17-5-8-19-22(11-17)33-15(2)26-19/h3-8,11,13,21H,9-10,12H2,1-2H3,(H,27,29). The number of hydrogen-bond acceptors (Lipinski definition) is 7. The first-order valence-corrected chi connectivity index (χ1v) is 12.3. The van der Waals surface area contributed by atoms with Crippen molar-refractivity contribution in [1.82, 2.24) is 14.9 Å². The molecule has 0 saturated carbocycles. The summed E-state index contributed by atoms with van der Waals surface area (Å²) in [5, 5.41) is 6.88. The van der Waals surface area contributed by atoms with Crippen LogP contribution in [0.2, 0.25) is 0 Å². The highest BCUT2D eigenvalue weighted by Gasteiger charge is 2.30. The molecule has 5 rings (SSSR count). The Kier molecular flexibility index (Phi) is 5.92. The Bertz CT molecular complexity index is 1330. The summed E-state index contributed by atoms with van der Waals surface area (Å²) in [6.07, 6.45) is -0.724. The van der Waals surface area contributed by atoms with Crippen molar-refractivity contribution in [2.75, 3.05) is 25.0 Å². The van der Waals surface area contributed by atoms with Gasteiger partial charge in [0.05, 0.1) is 39.1 Å². The van der Waals surface area contributed by atoms with Crippen molar-refractivity contribution in [2.24, 2.45) is 0 Å². The molecule has 2 amide bonds. The third kappa shape index (κ3) is 4.66. The zero-order valence-electron chi connectivity index (χ0n) is 18.2. The number of thiazole rings is 2. The molecule has 1 N–H and O–H groups in total. The van der Waals surface area contributed by atoms with E-state index in [0.29, 0.717) is 24.4 Å². The Hall–Kier alpha value is -3.14. The maximum absolute atomic E-state index is 13.1. The molecule has 0 bridgehead atoms. The van der Waals surface area contributed by atoms with Gasteiger partial charge >= 0.3 is 0 Å².